The number of aliphatic hydroxyl groups excluding tert-OH is 1. The van der Waals surface area contributed by atoms with Gasteiger partial charge in [-0.05, 0) is 6.07 Å². The second kappa shape index (κ2) is 5.27. The molecular weight excluding hydrogens is 272 g/mol. The third kappa shape index (κ3) is 2.37. The van der Waals surface area contributed by atoms with Crippen molar-refractivity contribution in [1.82, 2.24) is 14.9 Å². The van der Waals surface area contributed by atoms with Crippen molar-refractivity contribution < 1.29 is 15.0 Å². The molecule has 0 unspecified atom stereocenters. The molecule has 2 rings (SSSR count). The number of hydrogen-bond donors (Lipinski definition) is 1. The Hall–Kier alpha value is -3.08. The molecule has 1 aromatic carbocycles. The minimum absolute atomic E-state index is 0.0251. The molecule has 20 heavy (non-hydrogen) atoms. The van der Waals surface area contributed by atoms with Crippen LogP contribution < -0.4 is 5.01 Å². The Morgan fingerprint density at radius 3 is 2.35 bits per heavy atom. The summed E-state index contributed by atoms with van der Waals surface area (Å²) >= 11 is 0. The van der Waals surface area contributed by atoms with Gasteiger partial charge in [-0.15, -0.1) is 10.2 Å². The van der Waals surface area contributed by atoms with Gasteiger partial charge in [0.2, 0.25) is 0 Å². The maximum atomic E-state index is 11.0. The fraction of sp³-hybridized carbons (Fsp3) is 0.111. The molecule has 0 saturated heterocycles. The summed E-state index contributed by atoms with van der Waals surface area (Å²) in [6.07, 6.45) is 2.45. The average Bonchev–Trinajstić information content (AvgIpc) is 2.93. The van der Waals surface area contributed by atoms with Crippen molar-refractivity contribution in [1.29, 1.82) is 0 Å². The van der Waals surface area contributed by atoms with E-state index in [4.69, 9.17) is 0 Å². The number of aromatic nitrogens is 3. The van der Waals surface area contributed by atoms with Crippen LogP contribution in [0.4, 0.5) is 17.1 Å². The van der Waals surface area contributed by atoms with Crippen LogP contribution in [0.5, 0.6) is 0 Å². The van der Waals surface area contributed by atoms with Crippen LogP contribution >= 0.6 is 0 Å². The average molecular weight is 280 g/mol. The Morgan fingerprint density at radius 2 is 1.85 bits per heavy atom. The van der Waals surface area contributed by atoms with E-state index < -0.39 is 28.0 Å². The van der Waals surface area contributed by atoms with Crippen molar-refractivity contribution in [2.45, 2.75) is 0 Å². The fourth-order valence-corrected chi connectivity index (χ4v) is 1.58. The van der Waals surface area contributed by atoms with Gasteiger partial charge in [-0.1, -0.05) is 0 Å². The van der Waals surface area contributed by atoms with Crippen molar-refractivity contribution in [3.63, 3.8) is 0 Å². The SMILES string of the molecule is O=[N+]([O-])c1ccc(N(CO)n2cnnc2)c([N+](=O)[O-])c1. The summed E-state index contributed by atoms with van der Waals surface area (Å²) in [5, 5.41) is 39.1. The van der Waals surface area contributed by atoms with Crippen LogP contribution in [0, 0.1) is 20.2 Å². The summed E-state index contributed by atoms with van der Waals surface area (Å²) in [7, 11) is 0. The van der Waals surface area contributed by atoms with Crippen molar-refractivity contribution in [3.05, 3.63) is 51.1 Å². The molecular formula is C9H8N6O5. The molecule has 0 saturated carbocycles. The molecule has 11 nitrogen and oxygen atoms in total. The van der Waals surface area contributed by atoms with Crippen molar-refractivity contribution >= 4 is 17.1 Å². The van der Waals surface area contributed by atoms with Crippen LogP contribution in [0.15, 0.2) is 30.9 Å². The first-order valence-electron chi connectivity index (χ1n) is 5.20. The lowest BCUT2D eigenvalue weighted by molar-refractivity contribution is -0.393. The highest BCUT2D eigenvalue weighted by Gasteiger charge is 2.24. The Bertz CT molecular complexity index is 642. The van der Waals surface area contributed by atoms with E-state index in [1.54, 1.807) is 0 Å². The molecule has 2 aromatic rings. The predicted molar refractivity (Wildman–Crippen MR) is 64.7 cm³/mol. The van der Waals surface area contributed by atoms with Gasteiger partial charge in [0.1, 0.15) is 25.1 Å². The number of nitro groups is 2. The number of hydrogen-bond acceptors (Lipinski definition) is 8. The van der Waals surface area contributed by atoms with E-state index >= 15 is 0 Å². The minimum atomic E-state index is -0.769. The van der Waals surface area contributed by atoms with E-state index in [0.29, 0.717) is 0 Å². The standard InChI is InChI=1S/C9H8N6O5/c16-6-13(12-4-10-11-5-12)8-2-1-7(14(17)18)3-9(8)15(19)20/h1-5,16H,6H2. The maximum Gasteiger partial charge on any atom is 0.301 e. The summed E-state index contributed by atoms with van der Waals surface area (Å²) in [4.78, 5) is 20.2. The number of aliphatic hydroxyl groups is 1. The van der Waals surface area contributed by atoms with E-state index in [2.05, 4.69) is 10.2 Å². The highest BCUT2D eigenvalue weighted by molar-refractivity contribution is 5.66. The fourth-order valence-electron chi connectivity index (χ4n) is 1.58. The Kier molecular flexibility index (Phi) is 3.52. The van der Waals surface area contributed by atoms with Crippen LogP contribution in [0.3, 0.4) is 0 Å². The Balaban J connectivity index is 2.55. The van der Waals surface area contributed by atoms with Crippen molar-refractivity contribution in [2.24, 2.45) is 0 Å². The van der Waals surface area contributed by atoms with Crippen molar-refractivity contribution in [2.75, 3.05) is 11.7 Å². The van der Waals surface area contributed by atoms with Gasteiger partial charge in [0.25, 0.3) is 5.69 Å². The Labute approximate surface area is 111 Å². The molecule has 1 aromatic heterocycles. The van der Waals surface area contributed by atoms with Gasteiger partial charge in [0.15, 0.2) is 0 Å². The van der Waals surface area contributed by atoms with Crippen LogP contribution in [0.1, 0.15) is 0 Å². The second-order valence-corrected chi connectivity index (χ2v) is 3.57. The smallest absolute Gasteiger partial charge is 0.301 e. The number of nitro benzene ring substituents is 2. The molecule has 0 aliphatic carbocycles. The lowest BCUT2D eigenvalue weighted by Gasteiger charge is -2.21. The highest BCUT2D eigenvalue weighted by atomic mass is 16.6. The lowest BCUT2D eigenvalue weighted by Crippen LogP contribution is -2.29. The summed E-state index contributed by atoms with van der Waals surface area (Å²) in [6, 6.07) is 3.10. The first kappa shape index (κ1) is 13.4. The van der Waals surface area contributed by atoms with Crippen molar-refractivity contribution in [3.8, 4) is 0 Å². The highest BCUT2D eigenvalue weighted by Crippen LogP contribution is 2.31. The zero-order valence-electron chi connectivity index (χ0n) is 9.86. The van der Waals surface area contributed by atoms with E-state index in [0.717, 1.165) is 17.1 Å². The number of non-ortho nitro benzene ring substituents is 1. The molecule has 0 fully saturated rings. The normalized spacial score (nSPS) is 10.2. The predicted octanol–water partition coefficient (Wildman–Crippen LogP) is 0.314. The van der Waals surface area contributed by atoms with E-state index in [-0.39, 0.29) is 5.69 Å². The van der Waals surface area contributed by atoms with Crippen LogP contribution in [-0.2, 0) is 0 Å². The molecule has 1 N–H and O–H groups in total. The third-order valence-electron chi connectivity index (χ3n) is 2.46. The largest absolute Gasteiger partial charge is 0.375 e. The molecule has 0 aliphatic heterocycles. The van der Waals surface area contributed by atoms with E-state index in [9.17, 15) is 25.3 Å². The molecule has 0 spiro atoms. The molecule has 0 radical (unpaired) electrons. The first-order chi connectivity index (χ1) is 9.54. The molecule has 0 atom stereocenters. The molecule has 0 bridgehead atoms. The number of anilines is 1. The minimum Gasteiger partial charge on any atom is -0.375 e. The molecule has 104 valence electrons. The maximum absolute atomic E-state index is 11.0. The zero-order valence-corrected chi connectivity index (χ0v) is 9.86. The summed E-state index contributed by atoms with van der Waals surface area (Å²) < 4.78 is 1.22. The number of benzene rings is 1. The van der Waals surface area contributed by atoms with Crippen LogP contribution in [0.25, 0.3) is 0 Å². The monoisotopic (exact) mass is 280 g/mol. The molecule has 0 aliphatic rings. The molecule has 0 amide bonds. The lowest BCUT2D eigenvalue weighted by atomic mass is 10.2. The quantitative estimate of drug-likeness (QED) is 0.468. The summed E-state index contributed by atoms with van der Waals surface area (Å²) in [5.74, 6) is 0. The van der Waals surface area contributed by atoms with Gasteiger partial charge in [-0.25, -0.2) is 9.69 Å². The number of nitrogens with zero attached hydrogens (tertiary/aromatic N) is 6. The number of rotatable bonds is 5. The summed E-state index contributed by atoms with van der Waals surface area (Å²) in [6.45, 7) is -0.601. The van der Waals surface area contributed by atoms with Gasteiger partial charge in [-0.2, -0.15) is 0 Å². The van der Waals surface area contributed by atoms with E-state index in [1.165, 1.54) is 23.4 Å². The third-order valence-corrected chi connectivity index (χ3v) is 2.46. The summed E-state index contributed by atoms with van der Waals surface area (Å²) in [5.41, 5.74) is -0.952. The van der Waals surface area contributed by atoms with Gasteiger partial charge in [-0.3, -0.25) is 20.2 Å². The topological polar surface area (TPSA) is 140 Å². The van der Waals surface area contributed by atoms with Gasteiger partial charge in [0.05, 0.1) is 15.9 Å². The Morgan fingerprint density at radius 1 is 1.20 bits per heavy atom. The first-order valence-corrected chi connectivity index (χ1v) is 5.20. The van der Waals surface area contributed by atoms with E-state index in [1.807, 2.05) is 0 Å². The van der Waals surface area contributed by atoms with Crippen LogP contribution in [-0.4, -0.2) is 36.6 Å². The van der Waals surface area contributed by atoms with Crippen LogP contribution in [0.2, 0.25) is 0 Å². The zero-order chi connectivity index (χ0) is 14.7. The van der Waals surface area contributed by atoms with Gasteiger partial charge in [0, 0.05) is 6.07 Å². The van der Waals surface area contributed by atoms with Gasteiger partial charge >= 0.3 is 5.69 Å². The molecule has 11 heteroatoms. The van der Waals surface area contributed by atoms with Gasteiger partial charge < -0.3 is 5.11 Å². The second-order valence-electron chi connectivity index (χ2n) is 3.57. The molecule has 1 heterocycles.